The first kappa shape index (κ1) is 21.4. The lowest BCUT2D eigenvalue weighted by Crippen LogP contribution is -2.45. The fraction of sp³-hybridized carbons (Fsp3) is 0.706. The average Bonchev–Trinajstić information content (AvgIpc) is 2.93. The Hall–Kier alpha value is -1.67. The lowest BCUT2D eigenvalue weighted by Gasteiger charge is -2.23. The number of unbranched alkanes of at least 4 members (excludes halogenated alkanes) is 1. The zero-order chi connectivity index (χ0) is 19.0. The zero-order valence-corrected chi connectivity index (χ0v) is 16.5. The zero-order valence-electron chi connectivity index (χ0n) is 15.7. The van der Waals surface area contributed by atoms with Gasteiger partial charge in [0.1, 0.15) is 11.6 Å². The number of nitrogens with one attached hydrogen (secondary N) is 2. The Morgan fingerprint density at radius 3 is 2.52 bits per heavy atom. The van der Waals surface area contributed by atoms with Crippen molar-refractivity contribution in [3.05, 3.63) is 11.1 Å². The van der Waals surface area contributed by atoms with Crippen LogP contribution in [-0.2, 0) is 9.53 Å². The molecule has 7 nitrogen and oxygen atoms in total. The summed E-state index contributed by atoms with van der Waals surface area (Å²) >= 11 is 1.44. The van der Waals surface area contributed by atoms with Gasteiger partial charge in [-0.3, -0.25) is 4.79 Å². The van der Waals surface area contributed by atoms with Crippen LogP contribution in [0.4, 0.5) is 9.93 Å². The van der Waals surface area contributed by atoms with Gasteiger partial charge < -0.3 is 21.1 Å². The second kappa shape index (κ2) is 9.72. The van der Waals surface area contributed by atoms with Crippen LogP contribution in [0.15, 0.2) is 6.20 Å². The molecule has 8 heteroatoms. The maximum atomic E-state index is 12.5. The molecule has 0 aliphatic rings. The average molecular weight is 371 g/mol. The number of rotatable bonds is 8. The summed E-state index contributed by atoms with van der Waals surface area (Å²) in [5, 5.41) is 5.96. The SMILES string of the molecule is CC(C)c1cnc(NC(=O)[C@H](CCCCN)NC(=O)OC(C)(C)C)s1. The molecule has 1 heterocycles. The van der Waals surface area contributed by atoms with Crippen LogP contribution in [0.3, 0.4) is 0 Å². The Morgan fingerprint density at radius 1 is 1.32 bits per heavy atom. The number of carbonyl (C=O) groups excluding carboxylic acids is 2. The van der Waals surface area contributed by atoms with Crippen LogP contribution in [0.2, 0.25) is 0 Å². The molecule has 4 N–H and O–H groups in total. The number of nitrogens with zero attached hydrogens (tertiary/aromatic N) is 1. The second-order valence-corrected chi connectivity index (χ2v) is 8.26. The van der Waals surface area contributed by atoms with Crippen molar-refractivity contribution in [1.29, 1.82) is 0 Å². The van der Waals surface area contributed by atoms with E-state index in [2.05, 4.69) is 29.5 Å². The molecule has 0 unspecified atom stereocenters. The smallest absolute Gasteiger partial charge is 0.408 e. The van der Waals surface area contributed by atoms with Gasteiger partial charge in [-0.1, -0.05) is 13.8 Å². The number of nitrogens with two attached hydrogens (primary N) is 1. The molecule has 0 bridgehead atoms. The topological polar surface area (TPSA) is 106 Å². The van der Waals surface area contributed by atoms with E-state index in [4.69, 9.17) is 10.5 Å². The van der Waals surface area contributed by atoms with E-state index in [-0.39, 0.29) is 5.91 Å². The van der Waals surface area contributed by atoms with Gasteiger partial charge in [0.15, 0.2) is 5.13 Å². The molecule has 0 aromatic carbocycles. The summed E-state index contributed by atoms with van der Waals surface area (Å²) in [6.45, 7) is 10.0. The lowest BCUT2D eigenvalue weighted by molar-refractivity contribution is -0.118. The molecule has 0 radical (unpaired) electrons. The third kappa shape index (κ3) is 8.31. The van der Waals surface area contributed by atoms with Crippen LogP contribution in [0, 0.1) is 0 Å². The molecule has 0 saturated carbocycles. The largest absolute Gasteiger partial charge is 0.444 e. The summed E-state index contributed by atoms with van der Waals surface area (Å²) in [6.07, 6.45) is 3.16. The summed E-state index contributed by atoms with van der Waals surface area (Å²) < 4.78 is 5.24. The minimum absolute atomic E-state index is 0.299. The minimum atomic E-state index is -0.687. The highest BCUT2D eigenvalue weighted by Gasteiger charge is 2.24. The molecule has 0 spiro atoms. The second-order valence-electron chi connectivity index (χ2n) is 7.20. The first-order valence-corrected chi connectivity index (χ1v) is 9.40. The standard InChI is InChI=1S/C17H30N4O3S/c1-11(2)13-10-19-15(25-13)21-14(22)12(8-6-7-9-18)20-16(23)24-17(3,4)5/h10-12H,6-9,18H2,1-5H3,(H,20,23)(H,19,21,22)/t12-/m0/s1. The van der Waals surface area contributed by atoms with E-state index >= 15 is 0 Å². The molecule has 25 heavy (non-hydrogen) atoms. The van der Waals surface area contributed by atoms with Crippen LogP contribution in [0.1, 0.15) is 64.7 Å². The van der Waals surface area contributed by atoms with E-state index in [1.54, 1.807) is 27.0 Å². The first-order valence-electron chi connectivity index (χ1n) is 8.58. The lowest BCUT2D eigenvalue weighted by atomic mass is 10.1. The number of alkyl carbamates (subject to hydrolysis) is 1. The number of thiazole rings is 1. The van der Waals surface area contributed by atoms with Crippen LogP contribution >= 0.6 is 11.3 Å². The Morgan fingerprint density at radius 2 is 2.00 bits per heavy atom. The quantitative estimate of drug-likeness (QED) is 0.609. The van der Waals surface area contributed by atoms with Gasteiger partial charge in [-0.25, -0.2) is 9.78 Å². The minimum Gasteiger partial charge on any atom is -0.444 e. The number of ether oxygens (including phenoxy) is 1. The van der Waals surface area contributed by atoms with E-state index < -0.39 is 17.7 Å². The van der Waals surface area contributed by atoms with Gasteiger partial charge in [0.2, 0.25) is 5.91 Å². The van der Waals surface area contributed by atoms with Crippen LogP contribution in [0.25, 0.3) is 0 Å². The van der Waals surface area contributed by atoms with Crippen molar-refractivity contribution in [2.45, 2.75) is 71.4 Å². The maximum Gasteiger partial charge on any atom is 0.408 e. The van der Waals surface area contributed by atoms with E-state index in [0.717, 1.165) is 17.7 Å². The molecule has 1 aromatic rings. The highest BCUT2D eigenvalue weighted by Crippen LogP contribution is 2.25. The molecule has 0 aliphatic heterocycles. The van der Waals surface area contributed by atoms with Crippen LogP contribution in [0.5, 0.6) is 0 Å². The highest BCUT2D eigenvalue weighted by molar-refractivity contribution is 7.15. The van der Waals surface area contributed by atoms with Crippen molar-refractivity contribution in [2.75, 3.05) is 11.9 Å². The Labute approximate surface area is 153 Å². The highest BCUT2D eigenvalue weighted by atomic mass is 32.1. The molecule has 1 atom stereocenters. The van der Waals surface area contributed by atoms with Gasteiger partial charge in [-0.05, 0) is 52.5 Å². The van der Waals surface area contributed by atoms with Crippen LogP contribution < -0.4 is 16.4 Å². The first-order chi connectivity index (χ1) is 11.6. The Kier molecular flexibility index (Phi) is 8.31. The molecular formula is C17H30N4O3S. The summed E-state index contributed by atoms with van der Waals surface area (Å²) in [4.78, 5) is 29.9. The fourth-order valence-electron chi connectivity index (χ4n) is 2.02. The van der Waals surface area contributed by atoms with Gasteiger partial charge in [0.25, 0.3) is 0 Å². The van der Waals surface area contributed by atoms with Crippen molar-refractivity contribution in [1.82, 2.24) is 10.3 Å². The third-order valence-electron chi connectivity index (χ3n) is 3.28. The predicted octanol–water partition coefficient (Wildman–Crippen LogP) is 3.23. The summed E-state index contributed by atoms with van der Waals surface area (Å²) in [7, 11) is 0. The third-order valence-corrected chi connectivity index (χ3v) is 4.49. The van der Waals surface area contributed by atoms with E-state index in [9.17, 15) is 9.59 Å². The van der Waals surface area contributed by atoms with Gasteiger partial charge in [-0.2, -0.15) is 0 Å². The predicted molar refractivity (Wildman–Crippen MR) is 101 cm³/mol. The molecule has 0 fully saturated rings. The normalized spacial score (nSPS) is 12.8. The number of aromatic nitrogens is 1. The molecule has 1 rings (SSSR count). The summed E-state index contributed by atoms with van der Waals surface area (Å²) in [6, 6.07) is -0.687. The number of hydrogen-bond donors (Lipinski definition) is 3. The fourth-order valence-corrected chi connectivity index (χ4v) is 2.84. The van der Waals surface area contributed by atoms with Crippen molar-refractivity contribution >= 4 is 28.5 Å². The molecule has 0 aliphatic carbocycles. The molecule has 1 aromatic heterocycles. The maximum absolute atomic E-state index is 12.5. The van der Waals surface area contributed by atoms with Crippen molar-refractivity contribution in [3.63, 3.8) is 0 Å². The van der Waals surface area contributed by atoms with E-state index in [1.165, 1.54) is 11.3 Å². The number of hydrogen-bond acceptors (Lipinski definition) is 6. The number of amides is 2. The Bertz CT molecular complexity index is 566. The van der Waals surface area contributed by atoms with Gasteiger partial charge in [-0.15, -0.1) is 11.3 Å². The molecule has 0 saturated heterocycles. The van der Waals surface area contributed by atoms with E-state index in [1.807, 2.05) is 0 Å². The van der Waals surface area contributed by atoms with Gasteiger partial charge >= 0.3 is 6.09 Å². The van der Waals surface area contributed by atoms with Gasteiger partial charge in [0.05, 0.1) is 0 Å². The van der Waals surface area contributed by atoms with Gasteiger partial charge in [0, 0.05) is 11.1 Å². The number of anilines is 1. The summed E-state index contributed by atoms with van der Waals surface area (Å²) in [5.41, 5.74) is 4.89. The summed E-state index contributed by atoms with van der Waals surface area (Å²) in [5.74, 6) is 0.0518. The van der Waals surface area contributed by atoms with Crippen molar-refractivity contribution < 1.29 is 14.3 Å². The van der Waals surface area contributed by atoms with Crippen molar-refractivity contribution in [3.8, 4) is 0 Å². The van der Waals surface area contributed by atoms with Crippen LogP contribution in [-0.4, -0.2) is 35.2 Å². The van der Waals surface area contributed by atoms with E-state index in [0.29, 0.717) is 24.0 Å². The Balaban J connectivity index is 2.71. The molecule has 142 valence electrons. The molecule has 2 amide bonds. The number of carbonyl (C=O) groups is 2. The monoisotopic (exact) mass is 370 g/mol. The molecular weight excluding hydrogens is 340 g/mol. The van der Waals surface area contributed by atoms with Crippen molar-refractivity contribution in [2.24, 2.45) is 5.73 Å².